The minimum atomic E-state index is 0.0486. The second-order valence-corrected chi connectivity index (χ2v) is 7.51. The molecule has 1 heterocycles. The molecule has 1 aromatic carbocycles. The van der Waals surface area contributed by atoms with E-state index in [1.54, 1.807) is 7.11 Å². The number of rotatable bonds is 11. The molecule has 2 rings (SSSR count). The van der Waals surface area contributed by atoms with E-state index in [4.69, 9.17) is 14.2 Å². The highest BCUT2D eigenvalue weighted by Gasteiger charge is 2.28. The van der Waals surface area contributed by atoms with Crippen molar-refractivity contribution in [3.05, 3.63) is 23.8 Å². The van der Waals surface area contributed by atoms with Gasteiger partial charge in [0.05, 0.1) is 13.2 Å². The van der Waals surface area contributed by atoms with Crippen LogP contribution in [0, 0.1) is 0 Å². The lowest BCUT2D eigenvalue weighted by atomic mass is 10.0. The van der Waals surface area contributed by atoms with E-state index in [0.29, 0.717) is 36.9 Å². The topological polar surface area (TPSA) is 60.0 Å². The molecule has 0 bridgehead atoms. The number of ether oxygens (including phenoxy) is 3. The van der Waals surface area contributed by atoms with Crippen LogP contribution in [0.25, 0.3) is 0 Å². The van der Waals surface area contributed by atoms with Gasteiger partial charge in [-0.2, -0.15) is 0 Å². The predicted octanol–water partition coefficient (Wildman–Crippen LogP) is 3.49. The number of nitrogens with one attached hydrogen (secondary N) is 1. The number of benzene rings is 1. The van der Waals surface area contributed by atoms with E-state index in [9.17, 15) is 4.79 Å². The molecule has 1 amide bonds. The molecule has 28 heavy (non-hydrogen) atoms. The second-order valence-electron chi connectivity index (χ2n) is 7.51. The number of nitrogens with zero attached hydrogens (tertiary/aromatic N) is 1. The molecule has 1 aromatic rings. The van der Waals surface area contributed by atoms with E-state index in [-0.39, 0.29) is 18.0 Å². The van der Waals surface area contributed by atoms with Crippen LogP contribution in [-0.2, 0) is 4.74 Å². The Hall–Kier alpha value is -1.79. The Morgan fingerprint density at radius 1 is 1.21 bits per heavy atom. The molecule has 1 unspecified atom stereocenters. The maximum atomic E-state index is 13.3. The SMILES string of the molecule is CCCOc1ccc(C(=O)N(C(C)C)C2CCCNC2)cc1OCCCOC. The van der Waals surface area contributed by atoms with Crippen molar-refractivity contribution in [3.8, 4) is 11.5 Å². The number of carbonyl (C=O) groups excluding carboxylic acids is 1. The van der Waals surface area contributed by atoms with Gasteiger partial charge in [-0.25, -0.2) is 0 Å². The van der Waals surface area contributed by atoms with E-state index in [0.717, 1.165) is 38.8 Å². The third kappa shape index (κ3) is 6.38. The maximum absolute atomic E-state index is 13.3. The Balaban J connectivity index is 2.20. The van der Waals surface area contributed by atoms with Gasteiger partial charge < -0.3 is 24.4 Å². The Morgan fingerprint density at radius 2 is 2.00 bits per heavy atom. The fourth-order valence-electron chi connectivity index (χ4n) is 3.51. The smallest absolute Gasteiger partial charge is 0.254 e. The van der Waals surface area contributed by atoms with Crippen molar-refractivity contribution in [2.45, 2.75) is 58.5 Å². The summed E-state index contributed by atoms with van der Waals surface area (Å²) in [6.07, 6.45) is 3.83. The molecule has 0 radical (unpaired) electrons. The fraction of sp³-hybridized carbons (Fsp3) is 0.682. The average molecular weight is 393 g/mol. The molecule has 0 aromatic heterocycles. The first-order valence-electron chi connectivity index (χ1n) is 10.5. The maximum Gasteiger partial charge on any atom is 0.254 e. The number of hydrogen-bond donors (Lipinski definition) is 1. The summed E-state index contributed by atoms with van der Waals surface area (Å²) in [5.41, 5.74) is 0.643. The van der Waals surface area contributed by atoms with E-state index in [1.165, 1.54) is 0 Å². The van der Waals surface area contributed by atoms with Gasteiger partial charge in [0.15, 0.2) is 11.5 Å². The molecule has 0 aliphatic carbocycles. The molecule has 6 heteroatoms. The lowest BCUT2D eigenvalue weighted by Gasteiger charge is -2.37. The molecule has 1 fully saturated rings. The van der Waals surface area contributed by atoms with Crippen molar-refractivity contribution in [2.24, 2.45) is 0 Å². The minimum Gasteiger partial charge on any atom is -0.490 e. The molecule has 158 valence electrons. The highest BCUT2D eigenvalue weighted by Crippen LogP contribution is 2.30. The van der Waals surface area contributed by atoms with Gasteiger partial charge >= 0.3 is 0 Å². The van der Waals surface area contributed by atoms with Crippen LogP contribution in [0.5, 0.6) is 11.5 Å². The fourth-order valence-corrected chi connectivity index (χ4v) is 3.51. The van der Waals surface area contributed by atoms with E-state index >= 15 is 0 Å². The Morgan fingerprint density at radius 3 is 2.64 bits per heavy atom. The van der Waals surface area contributed by atoms with Gasteiger partial charge in [-0.1, -0.05) is 6.92 Å². The summed E-state index contributed by atoms with van der Waals surface area (Å²) >= 11 is 0. The van der Waals surface area contributed by atoms with Crippen LogP contribution < -0.4 is 14.8 Å². The standard InChI is InChI=1S/C22H36N2O4/c1-5-12-27-20-10-9-18(15-21(20)28-14-7-13-26-4)22(25)24(17(2)3)19-8-6-11-23-16-19/h9-10,15,17,19,23H,5-8,11-14,16H2,1-4H3. The highest BCUT2D eigenvalue weighted by atomic mass is 16.5. The van der Waals surface area contributed by atoms with E-state index in [2.05, 4.69) is 26.1 Å². The summed E-state index contributed by atoms with van der Waals surface area (Å²) in [4.78, 5) is 15.3. The van der Waals surface area contributed by atoms with Gasteiger partial charge in [0.1, 0.15) is 0 Å². The van der Waals surface area contributed by atoms with Gasteiger partial charge in [-0.05, 0) is 57.9 Å². The Kier molecular flexibility index (Phi) is 9.58. The second kappa shape index (κ2) is 11.9. The molecule has 6 nitrogen and oxygen atoms in total. The number of carbonyl (C=O) groups is 1. The lowest BCUT2D eigenvalue weighted by Crippen LogP contribution is -2.51. The highest BCUT2D eigenvalue weighted by molar-refractivity contribution is 5.95. The van der Waals surface area contributed by atoms with Crippen LogP contribution in [0.3, 0.4) is 0 Å². The number of hydrogen-bond acceptors (Lipinski definition) is 5. The molecule has 1 atom stereocenters. The minimum absolute atomic E-state index is 0.0486. The normalized spacial score (nSPS) is 16.8. The zero-order valence-electron chi connectivity index (χ0n) is 17.8. The largest absolute Gasteiger partial charge is 0.490 e. The summed E-state index contributed by atoms with van der Waals surface area (Å²) in [6, 6.07) is 5.89. The number of methoxy groups -OCH3 is 1. The van der Waals surface area contributed by atoms with E-state index in [1.807, 2.05) is 23.1 Å². The first-order valence-corrected chi connectivity index (χ1v) is 10.5. The molecular weight excluding hydrogens is 356 g/mol. The monoisotopic (exact) mass is 392 g/mol. The summed E-state index contributed by atoms with van der Waals surface area (Å²) in [7, 11) is 1.68. The van der Waals surface area contributed by atoms with Crippen molar-refractivity contribution in [1.82, 2.24) is 10.2 Å². The zero-order chi connectivity index (χ0) is 20.4. The molecular formula is C22H36N2O4. The Labute approximate surface area is 169 Å². The van der Waals surface area contributed by atoms with Crippen molar-refractivity contribution < 1.29 is 19.0 Å². The van der Waals surface area contributed by atoms with Gasteiger partial charge in [0, 0.05) is 44.3 Å². The number of amides is 1. The van der Waals surface area contributed by atoms with Crippen LogP contribution in [-0.4, -0.2) is 62.9 Å². The molecule has 1 aliphatic heterocycles. The first kappa shape index (κ1) is 22.5. The van der Waals surface area contributed by atoms with Gasteiger partial charge in [0.2, 0.25) is 0 Å². The summed E-state index contributed by atoms with van der Waals surface area (Å²) in [5.74, 6) is 1.36. The van der Waals surface area contributed by atoms with Crippen LogP contribution in [0.15, 0.2) is 18.2 Å². The van der Waals surface area contributed by atoms with Crippen LogP contribution in [0.1, 0.15) is 56.8 Å². The molecule has 0 saturated carbocycles. The summed E-state index contributed by atoms with van der Waals surface area (Å²) in [5, 5.41) is 3.41. The van der Waals surface area contributed by atoms with E-state index < -0.39 is 0 Å². The Bertz CT molecular complexity index is 600. The van der Waals surface area contributed by atoms with Crippen LogP contribution in [0.2, 0.25) is 0 Å². The molecule has 1 saturated heterocycles. The average Bonchev–Trinajstić information content (AvgIpc) is 2.70. The quantitative estimate of drug-likeness (QED) is 0.584. The zero-order valence-corrected chi connectivity index (χ0v) is 17.8. The molecule has 1 N–H and O–H groups in total. The van der Waals surface area contributed by atoms with Crippen LogP contribution in [0.4, 0.5) is 0 Å². The van der Waals surface area contributed by atoms with Gasteiger partial charge in [-0.3, -0.25) is 4.79 Å². The summed E-state index contributed by atoms with van der Waals surface area (Å²) < 4.78 is 16.8. The molecule has 0 spiro atoms. The first-order chi connectivity index (χ1) is 13.6. The third-order valence-corrected chi connectivity index (χ3v) is 4.86. The van der Waals surface area contributed by atoms with Crippen molar-refractivity contribution in [2.75, 3.05) is 40.0 Å². The van der Waals surface area contributed by atoms with Crippen LogP contribution >= 0.6 is 0 Å². The predicted molar refractivity (Wildman–Crippen MR) is 111 cm³/mol. The molecule has 1 aliphatic rings. The van der Waals surface area contributed by atoms with Crippen molar-refractivity contribution in [1.29, 1.82) is 0 Å². The third-order valence-electron chi connectivity index (χ3n) is 4.86. The van der Waals surface area contributed by atoms with Crippen molar-refractivity contribution >= 4 is 5.91 Å². The van der Waals surface area contributed by atoms with Gasteiger partial charge in [0.25, 0.3) is 5.91 Å². The van der Waals surface area contributed by atoms with Gasteiger partial charge in [-0.15, -0.1) is 0 Å². The van der Waals surface area contributed by atoms with Crippen molar-refractivity contribution in [3.63, 3.8) is 0 Å². The number of piperidine rings is 1. The summed E-state index contributed by atoms with van der Waals surface area (Å²) in [6.45, 7) is 9.87. The lowest BCUT2D eigenvalue weighted by molar-refractivity contribution is 0.0573.